The molecule has 1 saturated carbocycles. The van der Waals surface area contributed by atoms with Crippen LogP contribution < -0.4 is 10.5 Å². The summed E-state index contributed by atoms with van der Waals surface area (Å²) in [5.74, 6) is 0.697. The second kappa shape index (κ2) is 6.50. The van der Waals surface area contributed by atoms with E-state index in [4.69, 9.17) is 5.73 Å². The number of benzene rings is 1. The monoisotopic (exact) mass is 282 g/mol. The normalized spacial score (nSPS) is 16.9. The lowest BCUT2D eigenvalue weighted by molar-refractivity contribution is 0.495. The Kier molecular flexibility index (Phi) is 4.96. The molecule has 19 heavy (non-hydrogen) atoms. The summed E-state index contributed by atoms with van der Waals surface area (Å²) < 4.78 is 26.8. The molecule has 0 heterocycles. The summed E-state index contributed by atoms with van der Waals surface area (Å²) in [6.45, 7) is 0.959. The molecule has 0 unspecified atom stereocenters. The van der Waals surface area contributed by atoms with E-state index in [9.17, 15) is 8.42 Å². The lowest BCUT2D eigenvalue weighted by atomic mass is 10.1. The molecule has 0 saturated heterocycles. The van der Waals surface area contributed by atoms with Gasteiger partial charge in [0, 0.05) is 13.1 Å². The minimum Gasteiger partial charge on any atom is -0.326 e. The highest BCUT2D eigenvalue weighted by atomic mass is 32.2. The average molecular weight is 282 g/mol. The van der Waals surface area contributed by atoms with E-state index in [-0.39, 0.29) is 0 Å². The molecule has 1 aromatic carbocycles. The zero-order valence-electron chi connectivity index (χ0n) is 11.1. The van der Waals surface area contributed by atoms with Gasteiger partial charge in [-0.05, 0) is 30.0 Å². The van der Waals surface area contributed by atoms with E-state index < -0.39 is 10.0 Å². The van der Waals surface area contributed by atoms with Gasteiger partial charge in [0.2, 0.25) is 10.0 Å². The smallest absolute Gasteiger partial charge is 0.240 e. The number of sulfonamides is 1. The maximum Gasteiger partial charge on any atom is 0.240 e. The highest BCUT2D eigenvalue weighted by Gasteiger charge is 2.17. The summed E-state index contributed by atoms with van der Waals surface area (Å²) >= 11 is 0. The van der Waals surface area contributed by atoms with Crippen molar-refractivity contribution in [3.8, 4) is 0 Å². The Morgan fingerprint density at radius 1 is 1.16 bits per heavy atom. The molecule has 2 rings (SSSR count). The van der Waals surface area contributed by atoms with Gasteiger partial charge >= 0.3 is 0 Å². The molecule has 0 amide bonds. The molecule has 106 valence electrons. The van der Waals surface area contributed by atoms with Gasteiger partial charge in [-0.2, -0.15) is 0 Å². The maximum atomic E-state index is 12.1. The van der Waals surface area contributed by atoms with Crippen LogP contribution in [0.25, 0.3) is 0 Å². The molecular formula is C14H22N2O2S. The topological polar surface area (TPSA) is 72.2 Å². The molecule has 0 radical (unpaired) electrons. The first-order valence-electron chi connectivity index (χ1n) is 6.90. The van der Waals surface area contributed by atoms with E-state index in [0.717, 1.165) is 12.0 Å². The first-order chi connectivity index (χ1) is 9.12. The zero-order valence-corrected chi connectivity index (χ0v) is 12.0. The maximum absolute atomic E-state index is 12.1. The van der Waals surface area contributed by atoms with Gasteiger partial charge in [-0.15, -0.1) is 0 Å². The van der Waals surface area contributed by atoms with E-state index in [0.29, 0.717) is 23.9 Å². The van der Waals surface area contributed by atoms with E-state index in [1.807, 2.05) is 0 Å². The number of nitrogens with two attached hydrogens (primary N) is 1. The third kappa shape index (κ3) is 4.03. The van der Waals surface area contributed by atoms with Crippen LogP contribution in [0.4, 0.5) is 0 Å². The second-order valence-corrected chi connectivity index (χ2v) is 6.95. The first-order valence-corrected chi connectivity index (χ1v) is 8.39. The predicted molar refractivity (Wildman–Crippen MR) is 76.1 cm³/mol. The van der Waals surface area contributed by atoms with Crippen molar-refractivity contribution in [1.82, 2.24) is 4.72 Å². The Morgan fingerprint density at radius 3 is 2.37 bits per heavy atom. The van der Waals surface area contributed by atoms with Gasteiger partial charge in [0.05, 0.1) is 4.90 Å². The van der Waals surface area contributed by atoms with Gasteiger partial charge in [0.1, 0.15) is 0 Å². The van der Waals surface area contributed by atoms with E-state index >= 15 is 0 Å². The van der Waals surface area contributed by atoms with Gasteiger partial charge in [-0.25, -0.2) is 13.1 Å². The summed E-state index contributed by atoms with van der Waals surface area (Å²) in [7, 11) is -3.37. The van der Waals surface area contributed by atoms with Crippen molar-refractivity contribution in [3.05, 3.63) is 29.8 Å². The molecule has 4 nitrogen and oxygen atoms in total. The molecule has 0 atom stereocenters. The van der Waals surface area contributed by atoms with Crippen LogP contribution >= 0.6 is 0 Å². The van der Waals surface area contributed by atoms with Gasteiger partial charge < -0.3 is 5.73 Å². The van der Waals surface area contributed by atoms with Crippen LogP contribution in [0.1, 0.15) is 37.7 Å². The van der Waals surface area contributed by atoms with Gasteiger partial charge in [0.25, 0.3) is 0 Å². The van der Waals surface area contributed by atoms with Gasteiger partial charge in [-0.3, -0.25) is 0 Å². The van der Waals surface area contributed by atoms with Crippen molar-refractivity contribution in [2.24, 2.45) is 11.7 Å². The fraction of sp³-hybridized carbons (Fsp3) is 0.571. The second-order valence-electron chi connectivity index (χ2n) is 5.19. The van der Waals surface area contributed by atoms with Crippen molar-refractivity contribution < 1.29 is 8.42 Å². The van der Waals surface area contributed by atoms with E-state index in [2.05, 4.69) is 4.72 Å². The highest BCUT2D eigenvalue weighted by Crippen LogP contribution is 2.27. The summed E-state index contributed by atoms with van der Waals surface area (Å²) in [5.41, 5.74) is 6.43. The third-order valence-electron chi connectivity index (χ3n) is 3.79. The van der Waals surface area contributed by atoms with Crippen molar-refractivity contribution in [1.29, 1.82) is 0 Å². The average Bonchev–Trinajstić information content (AvgIpc) is 2.92. The third-order valence-corrected chi connectivity index (χ3v) is 5.27. The van der Waals surface area contributed by atoms with Gasteiger partial charge in [-0.1, -0.05) is 37.8 Å². The van der Waals surface area contributed by atoms with E-state index in [1.165, 1.54) is 25.7 Å². The molecular weight excluding hydrogens is 260 g/mol. The van der Waals surface area contributed by atoms with Crippen LogP contribution in [-0.2, 0) is 16.6 Å². The highest BCUT2D eigenvalue weighted by molar-refractivity contribution is 7.89. The standard InChI is InChI=1S/C14H22N2O2S/c15-11-13-5-7-14(8-6-13)19(17,18)16-10-9-12-3-1-2-4-12/h5-8,12,16H,1-4,9-11,15H2. The molecule has 0 bridgehead atoms. The molecule has 5 heteroatoms. The van der Waals surface area contributed by atoms with Crippen molar-refractivity contribution >= 4 is 10.0 Å². The summed E-state index contributed by atoms with van der Waals surface area (Å²) in [5, 5.41) is 0. The summed E-state index contributed by atoms with van der Waals surface area (Å²) in [6.07, 6.45) is 6.01. The molecule has 1 aromatic rings. The minimum atomic E-state index is -3.37. The Morgan fingerprint density at radius 2 is 1.79 bits per heavy atom. The summed E-state index contributed by atoms with van der Waals surface area (Å²) in [6, 6.07) is 6.73. The Labute approximate surface area is 115 Å². The fourth-order valence-electron chi connectivity index (χ4n) is 2.58. The molecule has 1 aliphatic carbocycles. The SMILES string of the molecule is NCc1ccc(S(=O)(=O)NCCC2CCCC2)cc1. The molecule has 1 aliphatic rings. The molecule has 3 N–H and O–H groups in total. The number of nitrogens with one attached hydrogen (secondary N) is 1. The van der Waals surface area contributed by atoms with Gasteiger partial charge in [0.15, 0.2) is 0 Å². The predicted octanol–water partition coefficient (Wildman–Crippen LogP) is 2.00. The number of rotatable bonds is 6. The van der Waals surface area contributed by atoms with Crippen LogP contribution in [0.15, 0.2) is 29.2 Å². The minimum absolute atomic E-state index is 0.316. The Balaban J connectivity index is 1.89. The number of hydrogen-bond acceptors (Lipinski definition) is 3. The quantitative estimate of drug-likeness (QED) is 0.838. The van der Waals surface area contributed by atoms with Crippen LogP contribution in [0, 0.1) is 5.92 Å². The fourth-order valence-corrected chi connectivity index (χ4v) is 3.63. The number of hydrogen-bond donors (Lipinski definition) is 2. The van der Waals surface area contributed by atoms with Crippen molar-refractivity contribution in [2.75, 3.05) is 6.54 Å². The first kappa shape index (κ1) is 14.5. The molecule has 1 fully saturated rings. The lowest BCUT2D eigenvalue weighted by Crippen LogP contribution is -2.26. The molecule has 0 aromatic heterocycles. The molecule has 0 spiro atoms. The van der Waals surface area contributed by atoms with Crippen LogP contribution in [0.5, 0.6) is 0 Å². The van der Waals surface area contributed by atoms with E-state index in [1.54, 1.807) is 24.3 Å². The Hall–Kier alpha value is -0.910. The molecule has 0 aliphatic heterocycles. The van der Waals surface area contributed by atoms with Crippen molar-refractivity contribution in [3.63, 3.8) is 0 Å². The lowest BCUT2D eigenvalue weighted by Gasteiger charge is -2.10. The largest absolute Gasteiger partial charge is 0.326 e. The van der Waals surface area contributed by atoms with Crippen LogP contribution in [-0.4, -0.2) is 15.0 Å². The summed E-state index contributed by atoms with van der Waals surface area (Å²) in [4.78, 5) is 0.316. The van der Waals surface area contributed by atoms with Crippen molar-refractivity contribution in [2.45, 2.75) is 43.5 Å². The van der Waals surface area contributed by atoms with Crippen LogP contribution in [0.3, 0.4) is 0 Å². The van der Waals surface area contributed by atoms with Crippen LogP contribution in [0.2, 0.25) is 0 Å². The zero-order chi connectivity index (χ0) is 13.7. The Bertz CT molecular complexity index is 491.